The lowest BCUT2D eigenvalue weighted by Crippen LogP contribution is -2.27. The third-order valence-corrected chi connectivity index (χ3v) is 3.54. The summed E-state index contributed by atoms with van der Waals surface area (Å²) in [5.41, 5.74) is 5.67. The van der Waals surface area contributed by atoms with Crippen LogP contribution in [0.5, 0.6) is 0 Å². The zero-order valence-electron chi connectivity index (χ0n) is 8.23. The molecule has 1 aromatic carbocycles. The van der Waals surface area contributed by atoms with E-state index in [0.29, 0.717) is 0 Å². The van der Waals surface area contributed by atoms with Crippen LogP contribution in [-0.4, -0.2) is 27.1 Å². The van der Waals surface area contributed by atoms with Crippen molar-refractivity contribution in [2.24, 2.45) is 0 Å². The predicted octanol–water partition coefficient (Wildman–Crippen LogP) is -0.212. The van der Waals surface area contributed by atoms with E-state index < -0.39 is 21.5 Å². The SMILES string of the molecule is CNC(=O)CS(=O)(=O)c1ccccc1N. The van der Waals surface area contributed by atoms with Crippen molar-refractivity contribution >= 4 is 21.4 Å². The van der Waals surface area contributed by atoms with Crippen molar-refractivity contribution in [2.45, 2.75) is 4.90 Å². The van der Waals surface area contributed by atoms with Crippen LogP contribution in [0.4, 0.5) is 5.69 Å². The van der Waals surface area contributed by atoms with Gasteiger partial charge in [-0.1, -0.05) is 12.1 Å². The van der Waals surface area contributed by atoms with E-state index in [1.54, 1.807) is 12.1 Å². The standard InChI is InChI=1S/C9H12N2O3S/c1-11-9(12)6-15(13,14)8-5-3-2-4-7(8)10/h2-5H,6,10H2,1H3,(H,11,12). The van der Waals surface area contributed by atoms with Gasteiger partial charge in [-0.2, -0.15) is 0 Å². The van der Waals surface area contributed by atoms with Gasteiger partial charge in [-0.25, -0.2) is 8.42 Å². The molecule has 0 spiro atoms. The van der Waals surface area contributed by atoms with Gasteiger partial charge in [-0.05, 0) is 12.1 Å². The minimum absolute atomic E-state index is 0.00593. The molecule has 0 aliphatic carbocycles. The minimum atomic E-state index is -3.64. The molecule has 0 aromatic heterocycles. The van der Waals surface area contributed by atoms with E-state index in [0.717, 1.165) is 0 Å². The number of carbonyl (C=O) groups excluding carboxylic acids is 1. The first-order valence-corrected chi connectivity index (χ1v) is 5.90. The van der Waals surface area contributed by atoms with Crippen LogP contribution >= 0.6 is 0 Å². The van der Waals surface area contributed by atoms with E-state index in [4.69, 9.17) is 5.73 Å². The number of anilines is 1. The van der Waals surface area contributed by atoms with Gasteiger partial charge in [-0.15, -0.1) is 0 Å². The van der Waals surface area contributed by atoms with E-state index >= 15 is 0 Å². The summed E-state index contributed by atoms with van der Waals surface area (Å²) in [6, 6.07) is 6.06. The highest BCUT2D eigenvalue weighted by Gasteiger charge is 2.20. The molecule has 82 valence electrons. The molecule has 0 saturated heterocycles. The zero-order valence-corrected chi connectivity index (χ0v) is 9.04. The second-order valence-corrected chi connectivity index (χ2v) is 4.93. The highest BCUT2D eigenvalue weighted by molar-refractivity contribution is 7.92. The van der Waals surface area contributed by atoms with Crippen molar-refractivity contribution < 1.29 is 13.2 Å². The summed E-state index contributed by atoms with van der Waals surface area (Å²) in [4.78, 5) is 11.0. The maximum absolute atomic E-state index is 11.7. The van der Waals surface area contributed by atoms with Gasteiger partial charge in [0.1, 0.15) is 5.75 Å². The topological polar surface area (TPSA) is 89.3 Å². The van der Waals surface area contributed by atoms with E-state index in [1.807, 2.05) is 0 Å². The Labute approximate surface area is 88.2 Å². The monoisotopic (exact) mass is 228 g/mol. The first-order valence-electron chi connectivity index (χ1n) is 4.25. The van der Waals surface area contributed by atoms with Gasteiger partial charge in [-0.3, -0.25) is 4.79 Å². The second kappa shape index (κ2) is 4.31. The van der Waals surface area contributed by atoms with Crippen molar-refractivity contribution in [3.8, 4) is 0 Å². The van der Waals surface area contributed by atoms with E-state index in [9.17, 15) is 13.2 Å². The molecule has 0 aliphatic rings. The first-order chi connectivity index (χ1) is 6.97. The minimum Gasteiger partial charge on any atom is -0.398 e. The molecule has 1 aromatic rings. The highest BCUT2D eigenvalue weighted by Crippen LogP contribution is 2.18. The molecule has 1 amide bonds. The number of hydrogen-bond donors (Lipinski definition) is 2. The number of nitrogens with two attached hydrogens (primary N) is 1. The largest absolute Gasteiger partial charge is 0.398 e. The third kappa shape index (κ3) is 2.69. The van der Waals surface area contributed by atoms with Gasteiger partial charge >= 0.3 is 0 Å². The summed E-state index contributed by atoms with van der Waals surface area (Å²) in [5.74, 6) is -1.14. The number of hydrogen-bond acceptors (Lipinski definition) is 4. The molecule has 0 bridgehead atoms. The van der Waals surface area contributed by atoms with Gasteiger partial charge in [0.25, 0.3) is 0 Å². The van der Waals surface area contributed by atoms with Crippen LogP contribution in [0, 0.1) is 0 Å². The molecule has 0 aliphatic heterocycles. The molecule has 0 radical (unpaired) electrons. The van der Waals surface area contributed by atoms with Crippen LogP contribution in [0.25, 0.3) is 0 Å². The van der Waals surface area contributed by atoms with Crippen molar-refractivity contribution in [3.05, 3.63) is 24.3 Å². The Hall–Kier alpha value is -1.56. The summed E-state index contributed by atoms with van der Waals surface area (Å²) in [7, 11) is -2.26. The Morgan fingerprint density at radius 3 is 2.53 bits per heavy atom. The Morgan fingerprint density at radius 1 is 1.40 bits per heavy atom. The fraction of sp³-hybridized carbons (Fsp3) is 0.222. The fourth-order valence-electron chi connectivity index (χ4n) is 1.09. The Bertz CT molecular complexity index is 468. The summed E-state index contributed by atoms with van der Waals surface area (Å²) in [5, 5.41) is 2.25. The number of amides is 1. The van der Waals surface area contributed by atoms with Crippen molar-refractivity contribution in [2.75, 3.05) is 18.5 Å². The zero-order chi connectivity index (χ0) is 11.5. The molecule has 0 unspecified atom stereocenters. The molecule has 0 atom stereocenters. The van der Waals surface area contributed by atoms with E-state index in [1.165, 1.54) is 19.2 Å². The molecule has 0 fully saturated rings. The van der Waals surface area contributed by atoms with Crippen molar-refractivity contribution in [1.82, 2.24) is 5.32 Å². The number of para-hydroxylation sites is 1. The smallest absolute Gasteiger partial charge is 0.235 e. The van der Waals surface area contributed by atoms with Gasteiger partial charge < -0.3 is 11.1 Å². The lowest BCUT2D eigenvalue weighted by atomic mass is 10.3. The molecule has 1 rings (SSSR count). The molecule has 0 heterocycles. The summed E-state index contributed by atoms with van der Waals surface area (Å²) in [6.07, 6.45) is 0. The predicted molar refractivity (Wildman–Crippen MR) is 57.0 cm³/mol. The maximum atomic E-state index is 11.7. The number of benzene rings is 1. The van der Waals surface area contributed by atoms with Gasteiger partial charge in [0, 0.05) is 7.05 Å². The Balaban J connectivity index is 3.07. The number of rotatable bonds is 3. The lowest BCUT2D eigenvalue weighted by Gasteiger charge is -2.05. The lowest BCUT2D eigenvalue weighted by molar-refractivity contribution is -0.118. The molecule has 6 heteroatoms. The van der Waals surface area contributed by atoms with E-state index in [-0.39, 0.29) is 10.6 Å². The van der Waals surface area contributed by atoms with E-state index in [2.05, 4.69) is 5.32 Å². The average molecular weight is 228 g/mol. The fourth-order valence-corrected chi connectivity index (χ4v) is 2.44. The number of sulfone groups is 1. The van der Waals surface area contributed by atoms with Gasteiger partial charge in [0.15, 0.2) is 9.84 Å². The molecule has 0 saturated carbocycles. The van der Waals surface area contributed by atoms with Crippen molar-refractivity contribution in [3.63, 3.8) is 0 Å². The number of nitrogen functional groups attached to an aromatic ring is 1. The summed E-state index contributed by atoms with van der Waals surface area (Å²) in [6.45, 7) is 0. The third-order valence-electron chi connectivity index (χ3n) is 1.85. The van der Waals surface area contributed by atoms with Crippen LogP contribution in [0.3, 0.4) is 0 Å². The highest BCUT2D eigenvalue weighted by atomic mass is 32.2. The number of nitrogens with one attached hydrogen (secondary N) is 1. The number of carbonyl (C=O) groups is 1. The molecule has 15 heavy (non-hydrogen) atoms. The van der Waals surface area contributed by atoms with Crippen LogP contribution < -0.4 is 11.1 Å². The van der Waals surface area contributed by atoms with Crippen LogP contribution in [-0.2, 0) is 14.6 Å². The first kappa shape index (κ1) is 11.5. The maximum Gasteiger partial charge on any atom is 0.235 e. The van der Waals surface area contributed by atoms with Crippen molar-refractivity contribution in [1.29, 1.82) is 0 Å². The Kier molecular flexibility index (Phi) is 3.31. The molecule has 5 nitrogen and oxygen atoms in total. The summed E-state index contributed by atoms with van der Waals surface area (Å²) >= 11 is 0. The quantitative estimate of drug-likeness (QED) is 0.700. The normalized spacial score (nSPS) is 11.0. The molecular weight excluding hydrogens is 216 g/mol. The van der Waals surface area contributed by atoms with Crippen LogP contribution in [0.2, 0.25) is 0 Å². The summed E-state index contributed by atoms with van der Waals surface area (Å²) < 4.78 is 23.4. The van der Waals surface area contributed by atoms with Crippen LogP contribution in [0.15, 0.2) is 29.2 Å². The second-order valence-electron chi connectivity index (χ2n) is 2.97. The van der Waals surface area contributed by atoms with Gasteiger partial charge in [0.05, 0.1) is 10.6 Å². The molecular formula is C9H12N2O3S. The average Bonchev–Trinajstić information content (AvgIpc) is 2.17. The van der Waals surface area contributed by atoms with Gasteiger partial charge in [0.2, 0.25) is 5.91 Å². The molecule has 3 N–H and O–H groups in total. The Morgan fingerprint density at radius 2 is 2.00 bits per heavy atom. The van der Waals surface area contributed by atoms with Crippen LogP contribution in [0.1, 0.15) is 0 Å².